The maximum atomic E-state index is 14.1. The van der Waals surface area contributed by atoms with E-state index in [0.29, 0.717) is 24.3 Å². The standard InChI is InChI=1S/C11H14FNO/c1-11(12)6-7-14-10-8(11)4-3-5-9(10)13-2/h3-5,13H,6-7H2,1-2H3. The van der Waals surface area contributed by atoms with Crippen LogP contribution in [0.25, 0.3) is 0 Å². The molecule has 0 spiro atoms. The van der Waals surface area contributed by atoms with Crippen LogP contribution in [0.5, 0.6) is 5.75 Å². The number of para-hydroxylation sites is 1. The second-order valence-corrected chi connectivity index (χ2v) is 3.73. The molecule has 1 aliphatic rings. The zero-order chi connectivity index (χ0) is 10.2. The Labute approximate surface area is 83.1 Å². The minimum atomic E-state index is -1.26. The molecule has 1 heterocycles. The first-order valence-corrected chi connectivity index (χ1v) is 4.78. The van der Waals surface area contributed by atoms with E-state index in [1.807, 2.05) is 19.2 Å². The Morgan fingerprint density at radius 2 is 2.29 bits per heavy atom. The summed E-state index contributed by atoms with van der Waals surface area (Å²) in [6, 6.07) is 5.52. The molecule has 0 bridgehead atoms. The number of fused-ring (bicyclic) bond motifs is 1. The minimum absolute atomic E-state index is 0.424. The van der Waals surface area contributed by atoms with Gasteiger partial charge >= 0.3 is 0 Å². The summed E-state index contributed by atoms with van der Waals surface area (Å²) in [4.78, 5) is 0. The summed E-state index contributed by atoms with van der Waals surface area (Å²) in [6.07, 6.45) is 0.424. The Morgan fingerprint density at radius 1 is 1.50 bits per heavy atom. The van der Waals surface area contributed by atoms with Crippen LogP contribution in [0.3, 0.4) is 0 Å². The molecule has 0 fully saturated rings. The molecule has 1 unspecified atom stereocenters. The smallest absolute Gasteiger partial charge is 0.148 e. The monoisotopic (exact) mass is 195 g/mol. The second-order valence-electron chi connectivity index (χ2n) is 3.73. The summed E-state index contributed by atoms with van der Waals surface area (Å²) in [5.74, 6) is 0.659. The lowest BCUT2D eigenvalue weighted by Crippen LogP contribution is -2.25. The van der Waals surface area contributed by atoms with Gasteiger partial charge in [0.15, 0.2) is 0 Å². The number of benzene rings is 1. The number of anilines is 1. The van der Waals surface area contributed by atoms with Gasteiger partial charge in [0, 0.05) is 19.0 Å². The number of alkyl halides is 1. The fourth-order valence-corrected chi connectivity index (χ4v) is 1.78. The molecular formula is C11H14FNO. The van der Waals surface area contributed by atoms with E-state index in [1.54, 1.807) is 13.0 Å². The molecule has 1 aromatic carbocycles. The maximum Gasteiger partial charge on any atom is 0.148 e. The first-order valence-electron chi connectivity index (χ1n) is 4.78. The molecule has 0 saturated carbocycles. The lowest BCUT2D eigenvalue weighted by Gasteiger charge is -2.30. The Kier molecular flexibility index (Phi) is 2.10. The Morgan fingerprint density at radius 3 is 3.00 bits per heavy atom. The van der Waals surface area contributed by atoms with Gasteiger partial charge in [-0.25, -0.2) is 4.39 Å². The van der Waals surface area contributed by atoms with Gasteiger partial charge in [0.1, 0.15) is 11.4 Å². The molecular weight excluding hydrogens is 181 g/mol. The predicted molar refractivity (Wildman–Crippen MR) is 54.6 cm³/mol. The maximum absolute atomic E-state index is 14.1. The predicted octanol–water partition coefficient (Wildman–Crippen LogP) is 2.70. The molecule has 0 aliphatic carbocycles. The first kappa shape index (κ1) is 9.31. The Balaban J connectivity index is 2.55. The number of halogens is 1. The summed E-state index contributed by atoms with van der Waals surface area (Å²) in [6.45, 7) is 2.05. The van der Waals surface area contributed by atoms with Crippen LogP contribution in [0.15, 0.2) is 18.2 Å². The second kappa shape index (κ2) is 3.15. The van der Waals surface area contributed by atoms with E-state index in [0.717, 1.165) is 5.69 Å². The lowest BCUT2D eigenvalue weighted by atomic mass is 9.91. The van der Waals surface area contributed by atoms with Crippen molar-refractivity contribution in [1.29, 1.82) is 0 Å². The van der Waals surface area contributed by atoms with Gasteiger partial charge in [-0.05, 0) is 13.0 Å². The highest BCUT2D eigenvalue weighted by Crippen LogP contribution is 2.43. The van der Waals surface area contributed by atoms with Crippen molar-refractivity contribution in [2.75, 3.05) is 19.0 Å². The Hall–Kier alpha value is -1.25. The van der Waals surface area contributed by atoms with Crippen LogP contribution in [0, 0.1) is 0 Å². The minimum Gasteiger partial charge on any atom is -0.491 e. The van der Waals surface area contributed by atoms with Crippen LogP contribution in [-0.4, -0.2) is 13.7 Å². The SMILES string of the molecule is CNc1cccc2c1OCCC2(C)F. The highest BCUT2D eigenvalue weighted by atomic mass is 19.1. The van der Waals surface area contributed by atoms with Crippen molar-refractivity contribution in [3.63, 3.8) is 0 Å². The van der Waals surface area contributed by atoms with Gasteiger partial charge < -0.3 is 10.1 Å². The van der Waals surface area contributed by atoms with Crippen molar-refractivity contribution in [3.8, 4) is 5.75 Å². The number of rotatable bonds is 1. The van der Waals surface area contributed by atoms with Crippen molar-refractivity contribution >= 4 is 5.69 Å². The summed E-state index contributed by atoms with van der Waals surface area (Å²) < 4.78 is 19.6. The topological polar surface area (TPSA) is 21.3 Å². The highest BCUT2D eigenvalue weighted by Gasteiger charge is 2.34. The van der Waals surface area contributed by atoms with Gasteiger partial charge in [0.05, 0.1) is 12.3 Å². The summed E-state index contributed by atoms with van der Waals surface area (Å²) in [7, 11) is 1.81. The third kappa shape index (κ3) is 1.33. The van der Waals surface area contributed by atoms with Crippen molar-refractivity contribution < 1.29 is 9.13 Å². The molecule has 1 N–H and O–H groups in total. The van der Waals surface area contributed by atoms with E-state index in [4.69, 9.17) is 4.74 Å². The quantitative estimate of drug-likeness (QED) is 0.743. The van der Waals surface area contributed by atoms with Crippen molar-refractivity contribution in [2.24, 2.45) is 0 Å². The van der Waals surface area contributed by atoms with Crippen LogP contribution in [-0.2, 0) is 5.67 Å². The summed E-state index contributed by atoms with van der Waals surface area (Å²) >= 11 is 0. The summed E-state index contributed by atoms with van der Waals surface area (Å²) in [5.41, 5.74) is 0.238. The van der Waals surface area contributed by atoms with E-state index >= 15 is 0 Å². The van der Waals surface area contributed by atoms with Crippen molar-refractivity contribution in [3.05, 3.63) is 23.8 Å². The number of nitrogens with one attached hydrogen (secondary N) is 1. The molecule has 1 aromatic rings. The van der Waals surface area contributed by atoms with Gasteiger partial charge in [0.25, 0.3) is 0 Å². The molecule has 3 heteroatoms. The zero-order valence-electron chi connectivity index (χ0n) is 8.43. The molecule has 1 aliphatic heterocycles. The molecule has 76 valence electrons. The molecule has 0 saturated heterocycles. The van der Waals surface area contributed by atoms with Crippen LogP contribution >= 0.6 is 0 Å². The average molecular weight is 195 g/mol. The molecule has 2 rings (SSSR count). The molecule has 1 atom stereocenters. The summed E-state index contributed by atoms with van der Waals surface area (Å²) in [5, 5.41) is 3.00. The van der Waals surface area contributed by atoms with Crippen molar-refractivity contribution in [2.45, 2.75) is 19.0 Å². The molecule has 2 nitrogen and oxygen atoms in total. The molecule has 0 amide bonds. The molecule has 0 aromatic heterocycles. The molecule has 0 radical (unpaired) electrons. The van der Waals surface area contributed by atoms with Crippen LogP contribution in [0.1, 0.15) is 18.9 Å². The van der Waals surface area contributed by atoms with E-state index < -0.39 is 5.67 Å². The molecule has 14 heavy (non-hydrogen) atoms. The van der Waals surface area contributed by atoms with E-state index in [9.17, 15) is 4.39 Å². The van der Waals surface area contributed by atoms with Crippen LogP contribution in [0.2, 0.25) is 0 Å². The largest absolute Gasteiger partial charge is 0.491 e. The third-order valence-corrected chi connectivity index (χ3v) is 2.66. The van der Waals surface area contributed by atoms with Crippen LogP contribution in [0.4, 0.5) is 10.1 Å². The van der Waals surface area contributed by atoms with E-state index in [1.165, 1.54) is 0 Å². The van der Waals surface area contributed by atoms with Gasteiger partial charge in [-0.1, -0.05) is 12.1 Å². The fourth-order valence-electron chi connectivity index (χ4n) is 1.78. The average Bonchev–Trinajstić information content (AvgIpc) is 2.17. The number of hydrogen-bond acceptors (Lipinski definition) is 2. The highest BCUT2D eigenvalue weighted by molar-refractivity contribution is 5.61. The van der Waals surface area contributed by atoms with E-state index in [2.05, 4.69) is 5.32 Å². The van der Waals surface area contributed by atoms with Crippen LogP contribution < -0.4 is 10.1 Å². The van der Waals surface area contributed by atoms with Gasteiger partial charge in [0.2, 0.25) is 0 Å². The van der Waals surface area contributed by atoms with Gasteiger partial charge in [-0.3, -0.25) is 0 Å². The zero-order valence-corrected chi connectivity index (χ0v) is 8.43. The van der Waals surface area contributed by atoms with E-state index in [-0.39, 0.29) is 0 Å². The fraction of sp³-hybridized carbons (Fsp3) is 0.455. The van der Waals surface area contributed by atoms with Gasteiger partial charge in [-0.2, -0.15) is 0 Å². The Bertz CT molecular complexity index is 349. The number of hydrogen-bond donors (Lipinski definition) is 1. The normalized spacial score (nSPS) is 25.1. The van der Waals surface area contributed by atoms with Gasteiger partial charge in [-0.15, -0.1) is 0 Å². The first-order chi connectivity index (χ1) is 6.65. The lowest BCUT2D eigenvalue weighted by molar-refractivity contribution is 0.111. The third-order valence-electron chi connectivity index (χ3n) is 2.66. The van der Waals surface area contributed by atoms with Crippen molar-refractivity contribution in [1.82, 2.24) is 0 Å². The number of ether oxygens (including phenoxy) is 1.